The average molecular weight is 396 g/mol. The van der Waals surface area contributed by atoms with E-state index in [0.717, 1.165) is 24.2 Å². The topological polar surface area (TPSA) is 50.5 Å². The van der Waals surface area contributed by atoms with Crippen LogP contribution < -0.4 is 10.5 Å². The van der Waals surface area contributed by atoms with Gasteiger partial charge in [0, 0.05) is 24.3 Å². The van der Waals surface area contributed by atoms with Crippen LogP contribution in [0.1, 0.15) is 19.4 Å². The molecule has 0 radical (unpaired) electrons. The molecule has 5 nitrogen and oxygen atoms in total. The van der Waals surface area contributed by atoms with Gasteiger partial charge in [-0.05, 0) is 43.7 Å². The molecule has 0 saturated heterocycles. The lowest BCUT2D eigenvalue weighted by Crippen LogP contribution is -2.21. The SMILES string of the molecule is CCN(CC)c1ccc(C=Nn2c(-c3ccccc3)nc3ccccc3c2=O)cc1. The van der Waals surface area contributed by atoms with Gasteiger partial charge < -0.3 is 4.90 Å². The Labute approximate surface area is 175 Å². The molecule has 0 unspecified atom stereocenters. The van der Waals surface area contributed by atoms with E-state index in [1.807, 2.05) is 60.7 Å². The van der Waals surface area contributed by atoms with Crippen molar-refractivity contribution in [1.82, 2.24) is 9.66 Å². The van der Waals surface area contributed by atoms with Crippen molar-refractivity contribution in [3.8, 4) is 11.4 Å². The molecule has 0 atom stereocenters. The summed E-state index contributed by atoms with van der Waals surface area (Å²) in [6, 6.07) is 25.2. The summed E-state index contributed by atoms with van der Waals surface area (Å²) >= 11 is 0. The van der Waals surface area contributed by atoms with Crippen molar-refractivity contribution < 1.29 is 0 Å². The quantitative estimate of drug-likeness (QED) is 0.440. The maximum absolute atomic E-state index is 13.2. The Bertz CT molecular complexity index is 1220. The van der Waals surface area contributed by atoms with Gasteiger partial charge in [-0.25, -0.2) is 4.98 Å². The van der Waals surface area contributed by atoms with Crippen molar-refractivity contribution in [2.24, 2.45) is 5.10 Å². The molecular weight excluding hydrogens is 372 g/mol. The highest BCUT2D eigenvalue weighted by atomic mass is 16.1. The Morgan fingerprint density at radius 3 is 2.27 bits per heavy atom. The van der Waals surface area contributed by atoms with Gasteiger partial charge in [-0.3, -0.25) is 4.79 Å². The van der Waals surface area contributed by atoms with Crippen LogP contribution in [-0.2, 0) is 0 Å². The van der Waals surface area contributed by atoms with Gasteiger partial charge in [0.05, 0.1) is 17.1 Å². The Morgan fingerprint density at radius 1 is 0.900 bits per heavy atom. The second kappa shape index (κ2) is 8.74. The minimum atomic E-state index is -0.185. The predicted molar refractivity (Wildman–Crippen MR) is 124 cm³/mol. The first-order valence-corrected chi connectivity index (χ1v) is 10.2. The molecule has 0 saturated carbocycles. The standard InChI is InChI=1S/C25H24N4O/c1-3-28(4-2)21-16-14-19(15-17-21)18-26-29-24(20-10-6-5-7-11-20)27-23-13-9-8-12-22(23)25(29)30/h5-18H,3-4H2,1-2H3. The fraction of sp³-hybridized carbons (Fsp3) is 0.160. The molecule has 5 heteroatoms. The molecule has 1 aromatic heterocycles. The monoisotopic (exact) mass is 396 g/mol. The van der Waals surface area contributed by atoms with E-state index in [0.29, 0.717) is 16.7 Å². The number of nitrogens with zero attached hydrogens (tertiary/aromatic N) is 4. The van der Waals surface area contributed by atoms with Crippen molar-refractivity contribution in [1.29, 1.82) is 0 Å². The maximum atomic E-state index is 13.2. The van der Waals surface area contributed by atoms with Crippen molar-refractivity contribution in [3.05, 3.63) is 94.8 Å². The molecule has 3 aromatic carbocycles. The third kappa shape index (κ3) is 3.87. The lowest BCUT2D eigenvalue weighted by atomic mass is 10.2. The molecule has 150 valence electrons. The van der Waals surface area contributed by atoms with Crippen molar-refractivity contribution in [3.63, 3.8) is 0 Å². The normalized spacial score (nSPS) is 11.3. The van der Waals surface area contributed by atoms with Crippen LogP contribution in [0.25, 0.3) is 22.3 Å². The van der Waals surface area contributed by atoms with Crippen molar-refractivity contribution >= 4 is 22.8 Å². The number of fused-ring (bicyclic) bond motifs is 1. The molecule has 0 amide bonds. The zero-order valence-corrected chi connectivity index (χ0v) is 17.2. The van der Waals surface area contributed by atoms with E-state index in [4.69, 9.17) is 4.98 Å². The lowest BCUT2D eigenvalue weighted by Gasteiger charge is -2.20. The first kappa shape index (κ1) is 19.6. The number of rotatable bonds is 6. The van der Waals surface area contributed by atoms with E-state index in [2.05, 4.69) is 36.0 Å². The van der Waals surface area contributed by atoms with Gasteiger partial charge in [0.25, 0.3) is 5.56 Å². The summed E-state index contributed by atoms with van der Waals surface area (Å²) in [6.07, 6.45) is 1.70. The maximum Gasteiger partial charge on any atom is 0.282 e. The number of benzene rings is 3. The number of aromatic nitrogens is 2. The highest BCUT2D eigenvalue weighted by molar-refractivity contribution is 5.82. The predicted octanol–water partition coefficient (Wildman–Crippen LogP) is 4.79. The van der Waals surface area contributed by atoms with E-state index < -0.39 is 0 Å². The largest absolute Gasteiger partial charge is 0.372 e. The summed E-state index contributed by atoms with van der Waals surface area (Å²) in [7, 11) is 0. The summed E-state index contributed by atoms with van der Waals surface area (Å²) in [5.41, 5.74) is 3.41. The van der Waals surface area contributed by atoms with E-state index in [-0.39, 0.29) is 5.56 Å². The minimum Gasteiger partial charge on any atom is -0.372 e. The Hall–Kier alpha value is -3.73. The highest BCUT2D eigenvalue weighted by Crippen LogP contribution is 2.19. The Morgan fingerprint density at radius 2 is 1.57 bits per heavy atom. The summed E-state index contributed by atoms with van der Waals surface area (Å²) < 4.78 is 1.38. The van der Waals surface area contributed by atoms with Crippen LogP contribution >= 0.6 is 0 Å². The van der Waals surface area contributed by atoms with Gasteiger partial charge >= 0.3 is 0 Å². The first-order valence-electron chi connectivity index (χ1n) is 10.2. The molecule has 0 aliphatic heterocycles. The van der Waals surface area contributed by atoms with Gasteiger partial charge in [0.1, 0.15) is 0 Å². The zero-order chi connectivity index (χ0) is 20.9. The third-order valence-corrected chi connectivity index (χ3v) is 5.13. The zero-order valence-electron chi connectivity index (χ0n) is 17.2. The first-order chi connectivity index (χ1) is 14.7. The van der Waals surface area contributed by atoms with Gasteiger partial charge in [-0.2, -0.15) is 9.78 Å². The molecule has 1 heterocycles. The van der Waals surface area contributed by atoms with E-state index >= 15 is 0 Å². The van der Waals surface area contributed by atoms with E-state index in [1.54, 1.807) is 12.3 Å². The Kier molecular flexibility index (Phi) is 5.70. The van der Waals surface area contributed by atoms with Crippen molar-refractivity contribution in [2.45, 2.75) is 13.8 Å². The van der Waals surface area contributed by atoms with Crippen LogP contribution in [0.15, 0.2) is 88.8 Å². The average Bonchev–Trinajstić information content (AvgIpc) is 2.80. The molecular formula is C25H24N4O. The molecule has 30 heavy (non-hydrogen) atoms. The number of para-hydroxylation sites is 1. The molecule has 0 fully saturated rings. The molecule has 0 bridgehead atoms. The van der Waals surface area contributed by atoms with Crippen LogP contribution in [0, 0.1) is 0 Å². The molecule has 0 aliphatic rings. The van der Waals surface area contributed by atoms with Crippen LogP contribution in [0.5, 0.6) is 0 Å². The second-order valence-electron chi connectivity index (χ2n) is 6.94. The lowest BCUT2D eigenvalue weighted by molar-refractivity contribution is 0.829. The third-order valence-electron chi connectivity index (χ3n) is 5.13. The summed E-state index contributed by atoms with van der Waals surface area (Å²) in [6.45, 7) is 6.21. The fourth-order valence-corrected chi connectivity index (χ4v) is 3.49. The highest BCUT2D eigenvalue weighted by Gasteiger charge is 2.12. The fourth-order valence-electron chi connectivity index (χ4n) is 3.49. The van der Waals surface area contributed by atoms with Crippen molar-refractivity contribution in [2.75, 3.05) is 18.0 Å². The van der Waals surface area contributed by atoms with Crippen LogP contribution in [0.3, 0.4) is 0 Å². The number of anilines is 1. The molecule has 4 aromatic rings. The minimum absolute atomic E-state index is 0.185. The Balaban J connectivity index is 1.78. The van der Waals surface area contributed by atoms with E-state index in [9.17, 15) is 4.79 Å². The molecule has 0 aliphatic carbocycles. The summed E-state index contributed by atoms with van der Waals surface area (Å²) in [5.74, 6) is 0.523. The van der Waals surface area contributed by atoms with Gasteiger partial charge in [-0.1, -0.05) is 54.6 Å². The van der Waals surface area contributed by atoms with Gasteiger partial charge in [0.15, 0.2) is 5.82 Å². The van der Waals surface area contributed by atoms with E-state index in [1.165, 1.54) is 10.4 Å². The van der Waals surface area contributed by atoms with Gasteiger partial charge in [0.2, 0.25) is 0 Å². The van der Waals surface area contributed by atoms with Gasteiger partial charge in [-0.15, -0.1) is 0 Å². The van der Waals surface area contributed by atoms with Crippen LogP contribution in [0.4, 0.5) is 5.69 Å². The van der Waals surface area contributed by atoms with Crippen LogP contribution in [-0.4, -0.2) is 29.0 Å². The smallest absolute Gasteiger partial charge is 0.282 e. The number of hydrogen-bond donors (Lipinski definition) is 0. The summed E-state index contributed by atoms with van der Waals surface area (Å²) in [5, 5.41) is 5.07. The second-order valence-corrected chi connectivity index (χ2v) is 6.94. The summed E-state index contributed by atoms with van der Waals surface area (Å²) in [4.78, 5) is 20.2. The number of hydrogen-bond acceptors (Lipinski definition) is 4. The molecule has 0 N–H and O–H groups in total. The molecule has 0 spiro atoms. The molecule has 4 rings (SSSR count). The van der Waals surface area contributed by atoms with Crippen LogP contribution in [0.2, 0.25) is 0 Å².